The number of hydrogen-bond donors (Lipinski definition) is 2. The molecule has 0 aliphatic heterocycles. The maximum absolute atomic E-state index is 11.2. The van der Waals surface area contributed by atoms with Crippen molar-refractivity contribution in [2.24, 2.45) is 0 Å². The van der Waals surface area contributed by atoms with Gasteiger partial charge in [0, 0.05) is 11.7 Å². The van der Waals surface area contributed by atoms with E-state index in [9.17, 15) is 4.79 Å². The van der Waals surface area contributed by atoms with Crippen LogP contribution in [0.2, 0.25) is 0 Å². The number of hydrogen-bond acceptors (Lipinski definition) is 3. The van der Waals surface area contributed by atoms with Gasteiger partial charge in [-0.05, 0) is 44.4 Å². The third kappa shape index (κ3) is 4.31. The molecule has 4 nitrogen and oxygen atoms in total. The Kier molecular flexibility index (Phi) is 4.58. The van der Waals surface area contributed by atoms with Crippen LogP contribution in [-0.4, -0.2) is 21.6 Å². The number of aromatic nitrogens is 1. The fourth-order valence-electron chi connectivity index (χ4n) is 2.21. The number of nitrogens with zero attached hydrogens (tertiary/aromatic N) is 1. The van der Waals surface area contributed by atoms with Crippen LogP contribution in [0.4, 0.5) is 5.69 Å². The van der Waals surface area contributed by atoms with Crippen molar-refractivity contribution in [1.82, 2.24) is 4.98 Å². The average Bonchev–Trinajstić information content (AvgIpc) is 2.46. The van der Waals surface area contributed by atoms with Crippen LogP contribution in [0.1, 0.15) is 36.3 Å². The Balaban J connectivity index is 2.05. The van der Waals surface area contributed by atoms with Gasteiger partial charge in [0.2, 0.25) is 0 Å². The van der Waals surface area contributed by atoms with Crippen LogP contribution in [0.5, 0.6) is 0 Å². The van der Waals surface area contributed by atoms with E-state index in [1.54, 1.807) is 12.1 Å². The second-order valence-electron chi connectivity index (χ2n) is 5.70. The summed E-state index contributed by atoms with van der Waals surface area (Å²) in [6, 6.07) is 13.7. The first-order valence-electron chi connectivity index (χ1n) is 6.98. The van der Waals surface area contributed by atoms with E-state index in [1.807, 2.05) is 18.2 Å². The maximum Gasteiger partial charge on any atom is 0.356 e. The van der Waals surface area contributed by atoms with Crippen LogP contribution < -0.4 is 5.32 Å². The Morgan fingerprint density at radius 1 is 1.19 bits per heavy atom. The Bertz CT molecular complexity index is 609. The first-order valence-corrected chi connectivity index (χ1v) is 6.98. The van der Waals surface area contributed by atoms with Crippen molar-refractivity contribution in [3.05, 3.63) is 59.9 Å². The number of carboxylic acid groups (broad SMARTS) is 1. The van der Waals surface area contributed by atoms with Crippen LogP contribution in [0.15, 0.2) is 48.7 Å². The molecule has 1 aromatic carbocycles. The number of benzene rings is 1. The molecule has 0 aliphatic rings. The van der Waals surface area contributed by atoms with Crippen molar-refractivity contribution in [1.29, 1.82) is 0 Å². The van der Waals surface area contributed by atoms with Gasteiger partial charge in [0.1, 0.15) is 0 Å². The van der Waals surface area contributed by atoms with Crippen molar-refractivity contribution in [3.8, 4) is 0 Å². The predicted octanol–water partition coefficient (Wildman–Crippen LogP) is 3.60. The first-order chi connectivity index (χ1) is 9.98. The van der Waals surface area contributed by atoms with Crippen LogP contribution in [0, 0.1) is 0 Å². The molecule has 0 fully saturated rings. The molecule has 4 heteroatoms. The van der Waals surface area contributed by atoms with Crippen molar-refractivity contribution in [3.63, 3.8) is 0 Å². The summed E-state index contributed by atoms with van der Waals surface area (Å²) in [4.78, 5) is 15.1. The molecule has 0 saturated carbocycles. The lowest BCUT2D eigenvalue weighted by Crippen LogP contribution is -2.32. The molecule has 0 radical (unpaired) electrons. The lowest BCUT2D eigenvalue weighted by molar-refractivity contribution is 0.0691. The SMILES string of the molecule is CC(C)(CCc1ccccc1)Nc1cccnc1C(=O)O. The van der Waals surface area contributed by atoms with Crippen LogP contribution in [0.3, 0.4) is 0 Å². The van der Waals surface area contributed by atoms with E-state index in [0.717, 1.165) is 12.8 Å². The highest BCUT2D eigenvalue weighted by atomic mass is 16.4. The van der Waals surface area contributed by atoms with Gasteiger partial charge in [-0.15, -0.1) is 0 Å². The van der Waals surface area contributed by atoms with Gasteiger partial charge in [-0.1, -0.05) is 30.3 Å². The summed E-state index contributed by atoms with van der Waals surface area (Å²) in [7, 11) is 0. The molecule has 1 aromatic heterocycles. The number of aromatic carboxylic acids is 1. The second-order valence-corrected chi connectivity index (χ2v) is 5.70. The van der Waals surface area contributed by atoms with E-state index in [4.69, 9.17) is 5.11 Å². The zero-order chi connectivity index (χ0) is 15.3. The molecule has 0 spiro atoms. The molecule has 0 aliphatic carbocycles. The summed E-state index contributed by atoms with van der Waals surface area (Å²) in [6.45, 7) is 4.13. The Morgan fingerprint density at radius 3 is 2.57 bits per heavy atom. The zero-order valence-electron chi connectivity index (χ0n) is 12.3. The molecule has 110 valence electrons. The van der Waals surface area contributed by atoms with E-state index in [-0.39, 0.29) is 11.2 Å². The molecule has 2 rings (SSSR count). The van der Waals surface area contributed by atoms with E-state index < -0.39 is 5.97 Å². The number of rotatable bonds is 6. The summed E-state index contributed by atoms with van der Waals surface area (Å²) >= 11 is 0. The topological polar surface area (TPSA) is 62.2 Å². The molecule has 0 bridgehead atoms. The Labute approximate surface area is 124 Å². The van der Waals surface area contributed by atoms with Gasteiger partial charge >= 0.3 is 5.97 Å². The van der Waals surface area contributed by atoms with Crippen molar-refractivity contribution in [2.45, 2.75) is 32.2 Å². The van der Waals surface area contributed by atoms with E-state index in [1.165, 1.54) is 11.8 Å². The lowest BCUT2D eigenvalue weighted by atomic mass is 9.95. The first kappa shape index (κ1) is 15.0. The van der Waals surface area contributed by atoms with Gasteiger partial charge < -0.3 is 10.4 Å². The van der Waals surface area contributed by atoms with Crippen LogP contribution in [0.25, 0.3) is 0 Å². The minimum Gasteiger partial charge on any atom is -0.476 e. The number of nitrogens with one attached hydrogen (secondary N) is 1. The highest BCUT2D eigenvalue weighted by Crippen LogP contribution is 2.22. The molecule has 1 heterocycles. The number of carbonyl (C=O) groups is 1. The highest BCUT2D eigenvalue weighted by molar-refractivity contribution is 5.91. The van der Waals surface area contributed by atoms with Gasteiger partial charge in [0.25, 0.3) is 0 Å². The molecule has 0 saturated heterocycles. The average molecular weight is 284 g/mol. The van der Waals surface area contributed by atoms with Gasteiger partial charge in [-0.25, -0.2) is 9.78 Å². The monoisotopic (exact) mass is 284 g/mol. The van der Waals surface area contributed by atoms with E-state index >= 15 is 0 Å². The third-order valence-corrected chi connectivity index (χ3v) is 3.36. The molecule has 0 unspecified atom stereocenters. The normalized spacial score (nSPS) is 11.1. The minimum atomic E-state index is -1.02. The summed E-state index contributed by atoms with van der Waals surface area (Å²) in [5.41, 5.74) is 1.67. The largest absolute Gasteiger partial charge is 0.476 e. The van der Waals surface area contributed by atoms with Gasteiger partial charge in [-0.3, -0.25) is 0 Å². The van der Waals surface area contributed by atoms with Crippen molar-refractivity contribution < 1.29 is 9.90 Å². The summed E-state index contributed by atoms with van der Waals surface area (Å²) in [6.07, 6.45) is 3.32. The second kappa shape index (κ2) is 6.39. The van der Waals surface area contributed by atoms with Crippen LogP contribution in [-0.2, 0) is 6.42 Å². The van der Waals surface area contributed by atoms with Crippen molar-refractivity contribution in [2.75, 3.05) is 5.32 Å². The molecule has 21 heavy (non-hydrogen) atoms. The number of anilines is 1. The molecule has 2 N–H and O–H groups in total. The molecule has 0 amide bonds. The molecule has 2 aromatic rings. The molecular weight excluding hydrogens is 264 g/mol. The van der Waals surface area contributed by atoms with Gasteiger partial charge in [0.15, 0.2) is 5.69 Å². The predicted molar refractivity (Wildman–Crippen MR) is 83.7 cm³/mol. The quantitative estimate of drug-likeness (QED) is 0.850. The van der Waals surface area contributed by atoms with Gasteiger partial charge in [-0.2, -0.15) is 0 Å². The fourth-order valence-corrected chi connectivity index (χ4v) is 2.21. The Hall–Kier alpha value is -2.36. The number of aryl methyl sites for hydroxylation is 1. The lowest BCUT2D eigenvalue weighted by Gasteiger charge is -2.28. The highest BCUT2D eigenvalue weighted by Gasteiger charge is 2.21. The van der Waals surface area contributed by atoms with Gasteiger partial charge in [0.05, 0.1) is 5.69 Å². The number of pyridine rings is 1. The maximum atomic E-state index is 11.2. The third-order valence-electron chi connectivity index (χ3n) is 3.36. The fraction of sp³-hybridized carbons (Fsp3) is 0.294. The number of carboxylic acids is 1. The summed E-state index contributed by atoms with van der Waals surface area (Å²) in [5, 5.41) is 12.5. The van der Waals surface area contributed by atoms with E-state index in [2.05, 4.69) is 36.3 Å². The Morgan fingerprint density at radius 2 is 1.90 bits per heavy atom. The zero-order valence-corrected chi connectivity index (χ0v) is 12.3. The van der Waals surface area contributed by atoms with Crippen LogP contribution >= 0.6 is 0 Å². The molecule has 0 atom stereocenters. The van der Waals surface area contributed by atoms with E-state index in [0.29, 0.717) is 5.69 Å². The minimum absolute atomic E-state index is 0.0605. The summed E-state index contributed by atoms with van der Waals surface area (Å²) < 4.78 is 0. The van der Waals surface area contributed by atoms with Crippen molar-refractivity contribution >= 4 is 11.7 Å². The summed E-state index contributed by atoms with van der Waals surface area (Å²) in [5.74, 6) is -1.02. The standard InChI is InChI=1S/C17H20N2O2/c1-17(2,11-10-13-7-4-3-5-8-13)19-14-9-6-12-18-15(14)16(20)21/h3-9,12,19H,10-11H2,1-2H3,(H,20,21). The smallest absolute Gasteiger partial charge is 0.356 e. The molecular formula is C17H20N2O2.